The van der Waals surface area contributed by atoms with E-state index >= 15 is 0 Å². The summed E-state index contributed by atoms with van der Waals surface area (Å²) < 4.78 is 2.17. The molecule has 2 N–H and O–H groups in total. The van der Waals surface area contributed by atoms with Gasteiger partial charge in [-0.05, 0) is 29.8 Å². The first-order valence-electron chi connectivity index (χ1n) is 10.3. The molecule has 164 valence electrons. The molecule has 0 bridgehead atoms. The third-order valence-electron chi connectivity index (χ3n) is 5.40. The maximum Gasteiger partial charge on any atom is 0.191 e. The Hall–Kier alpha value is -2.26. The summed E-state index contributed by atoms with van der Waals surface area (Å²) in [6.45, 7) is 5.01. The van der Waals surface area contributed by atoms with Crippen molar-refractivity contribution in [3.05, 3.63) is 83.4 Å². The zero-order valence-corrected chi connectivity index (χ0v) is 20.5. The van der Waals surface area contributed by atoms with Crippen LogP contribution in [0.5, 0.6) is 0 Å². The average molecular weight is 551 g/mol. The highest BCUT2D eigenvalue weighted by molar-refractivity contribution is 14.0. The number of nitrogens with two attached hydrogens (primary N) is 1. The molecule has 3 aromatic rings. The molecule has 8 heteroatoms. The molecule has 0 atom stereocenters. The summed E-state index contributed by atoms with van der Waals surface area (Å²) in [6.07, 6.45) is 4.64. The highest BCUT2D eigenvalue weighted by Gasteiger charge is 2.18. The molecule has 2 aromatic carbocycles. The van der Waals surface area contributed by atoms with Crippen molar-refractivity contribution >= 4 is 47.2 Å². The minimum atomic E-state index is 0. The van der Waals surface area contributed by atoms with Crippen LogP contribution in [0.25, 0.3) is 0 Å². The van der Waals surface area contributed by atoms with Crippen molar-refractivity contribution in [2.45, 2.75) is 13.0 Å². The molecule has 0 aliphatic carbocycles. The van der Waals surface area contributed by atoms with Gasteiger partial charge in [-0.15, -0.1) is 24.0 Å². The molecule has 0 unspecified atom stereocenters. The number of imidazole rings is 1. The number of aromatic nitrogens is 2. The number of hydrogen-bond donors (Lipinski definition) is 1. The number of hydrogen-bond acceptors (Lipinski definition) is 3. The minimum absolute atomic E-state index is 0. The summed E-state index contributed by atoms with van der Waals surface area (Å²) in [7, 11) is 0. The van der Waals surface area contributed by atoms with Crippen LogP contribution < -0.4 is 10.6 Å². The van der Waals surface area contributed by atoms with Crippen molar-refractivity contribution < 1.29 is 0 Å². The van der Waals surface area contributed by atoms with Gasteiger partial charge in [-0.2, -0.15) is 0 Å². The van der Waals surface area contributed by atoms with Crippen molar-refractivity contribution in [3.63, 3.8) is 0 Å². The van der Waals surface area contributed by atoms with E-state index in [1.54, 1.807) is 0 Å². The summed E-state index contributed by atoms with van der Waals surface area (Å²) in [6, 6.07) is 18.4. The van der Waals surface area contributed by atoms with Crippen LogP contribution in [0.15, 0.2) is 72.0 Å². The van der Waals surface area contributed by atoms with Gasteiger partial charge in [0.1, 0.15) is 5.82 Å². The van der Waals surface area contributed by atoms with Gasteiger partial charge in [-0.25, -0.2) is 4.98 Å². The van der Waals surface area contributed by atoms with E-state index in [4.69, 9.17) is 17.3 Å². The van der Waals surface area contributed by atoms with Gasteiger partial charge in [0.15, 0.2) is 5.96 Å². The van der Waals surface area contributed by atoms with Gasteiger partial charge in [0.05, 0.1) is 0 Å². The highest BCUT2D eigenvalue weighted by atomic mass is 127. The maximum absolute atomic E-state index is 6.27. The van der Waals surface area contributed by atoms with Crippen LogP contribution in [0.4, 0.5) is 5.69 Å². The molecule has 31 heavy (non-hydrogen) atoms. The summed E-state index contributed by atoms with van der Waals surface area (Å²) in [5, 5.41) is 0.762. The second-order valence-corrected chi connectivity index (χ2v) is 7.83. The molecule has 1 fully saturated rings. The third kappa shape index (κ3) is 6.36. The van der Waals surface area contributed by atoms with Gasteiger partial charge in [0.25, 0.3) is 0 Å². The molecule has 0 spiro atoms. The van der Waals surface area contributed by atoms with E-state index in [1.807, 2.05) is 30.6 Å². The number of halogens is 2. The molecule has 6 nitrogen and oxygen atoms in total. The Bertz CT molecular complexity index is 965. The molecule has 1 aliphatic heterocycles. The van der Waals surface area contributed by atoms with Crippen LogP contribution in [-0.2, 0) is 13.0 Å². The fourth-order valence-corrected chi connectivity index (χ4v) is 3.83. The van der Waals surface area contributed by atoms with E-state index in [9.17, 15) is 0 Å². The topological polar surface area (TPSA) is 62.7 Å². The number of benzene rings is 2. The van der Waals surface area contributed by atoms with E-state index in [2.05, 4.69) is 60.7 Å². The molecule has 2 heterocycles. The van der Waals surface area contributed by atoms with Gasteiger partial charge < -0.3 is 20.1 Å². The molecular formula is C23H28ClIN6. The number of aliphatic imine (C=N–C) groups is 1. The number of nitrogens with zero attached hydrogens (tertiary/aromatic N) is 5. The first-order valence-corrected chi connectivity index (χ1v) is 10.7. The lowest BCUT2D eigenvalue weighted by Crippen LogP contribution is -2.51. The Morgan fingerprint density at radius 3 is 2.42 bits per heavy atom. The summed E-state index contributed by atoms with van der Waals surface area (Å²) in [4.78, 5) is 13.6. The van der Waals surface area contributed by atoms with Crippen LogP contribution in [0.1, 0.15) is 11.4 Å². The van der Waals surface area contributed by atoms with Crippen molar-refractivity contribution in [1.29, 1.82) is 0 Å². The van der Waals surface area contributed by atoms with Gasteiger partial charge in [-0.3, -0.25) is 4.99 Å². The first-order chi connectivity index (χ1) is 14.7. The number of rotatable bonds is 6. The second-order valence-electron chi connectivity index (χ2n) is 7.40. The Morgan fingerprint density at radius 2 is 1.71 bits per heavy atom. The number of anilines is 1. The fourth-order valence-electron chi connectivity index (χ4n) is 3.71. The normalized spacial score (nSPS) is 14.4. The van der Waals surface area contributed by atoms with Crippen LogP contribution in [0.3, 0.4) is 0 Å². The Balaban J connectivity index is 0.00000272. The molecule has 4 rings (SSSR count). The largest absolute Gasteiger partial charge is 0.370 e. The zero-order chi connectivity index (χ0) is 20.8. The van der Waals surface area contributed by atoms with Crippen molar-refractivity contribution in [2.75, 3.05) is 37.6 Å². The Labute approximate surface area is 205 Å². The van der Waals surface area contributed by atoms with Crippen molar-refractivity contribution in [2.24, 2.45) is 10.7 Å². The molecule has 1 saturated heterocycles. The van der Waals surface area contributed by atoms with Gasteiger partial charge >= 0.3 is 0 Å². The number of piperazine rings is 1. The van der Waals surface area contributed by atoms with Crippen LogP contribution in [0.2, 0.25) is 5.02 Å². The zero-order valence-electron chi connectivity index (χ0n) is 17.4. The second kappa shape index (κ2) is 11.4. The summed E-state index contributed by atoms with van der Waals surface area (Å²) >= 11 is 5.99. The van der Waals surface area contributed by atoms with Crippen molar-refractivity contribution in [3.8, 4) is 0 Å². The average Bonchev–Trinajstić information content (AvgIpc) is 3.22. The predicted molar refractivity (Wildman–Crippen MR) is 139 cm³/mol. The molecule has 0 radical (unpaired) electrons. The van der Waals surface area contributed by atoms with Crippen LogP contribution in [0, 0.1) is 0 Å². The minimum Gasteiger partial charge on any atom is -0.370 e. The first kappa shape index (κ1) is 23.4. The van der Waals surface area contributed by atoms with Gasteiger partial charge in [-0.1, -0.05) is 41.9 Å². The smallest absolute Gasteiger partial charge is 0.191 e. The van der Waals surface area contributed by atoms with Crippen LogP contribution in [-0.4, -0.2) is 53.1 Å². The lowest BCUT2D eigenvalue weighted by Gasteiger charge is -2.36. The third-order valence-corrected chi connectivity index (χ3v) is 5.65. The molecular weight excluding hydrogens is 523 g/mol. The summed E-state index contributed by atoms with van der Waals surface area (Å²) in [5.74, 6) is 1.65. The van der Waals surface area contributed by atoms with E-state index < -0.39 is 0 Å². The summed E-state index contributed by atoms with van der Waals surface area (Å²) in [5.41, 5.74) is 8.72. The molecule has 0 saturated carbocycles. The highest BCUT2D eigenvalue weighted by Crippen LogP contribution is 2.19. The number of guanidine groups is 1. The predicted octanol–water partition coefficient (Wildman–Crippen LogP) is 3.88. The van der Waals surface area contributed by atoms with E-state index in [-0.39, 0.29) is 24.0 Å². The fraction of sp³-hybridized carbons (Fsp3) is 0.304. The quantitative estimate of drug-likeness (QED) is 0.287. The lowest BCUT2D eigenvalue weighted by molar-refractivity contribution is 0.381. The molecule has 0 amide bonds. The van der Waals surface area contributed by atoms with E-state index in [1.165, 1.54) is 11.3 Å². The Morgan fingerprint density at radius 1 is 1.00 bits per heavy atom. The Kier molecular flexibility index (Phi) is 8.60. The lowest BCUT2D eigenvalue weighted by atomic mass is 10.2. The van der Waals surface area contributed by atoms with Gasteiger partial charge in [0.2, 0.25) is 0 Å². The van der Waals surface area contributed by atoms with Crippen molar-refractivity contribution in [1.82, 2.24) is 14.5 Å². The SMILES string of the molecule is I.NC(=NCCc1nccn1Cc1ccccc1)N1CCN(c2ccc(Cl)cc2)CC1. The van der Waals surface area contributed by atoms with Crippen LogP contribution >= 0.6 is 35.6 Å². The monoisotopic (exact) mass is 550 g/mol. The molecule has 1 aromatic heterocycles. The maximum atomic E-state index is 6.27. The standard InChI is InChI=1S/C23H27ClN6.HI/c24-20-6-8-21(9-7-20)28-14-16-29(17-15-28)23(25)27-11-10-22-26-12-13-30(22)18-19-4-2-1-3-5-19;/h1-9,12-13H,10-11,14-18H2,(H2,25,27);1H. The van der Waals surface area contributed by atoms with Gasteiger partial charge in [0, 0.05) is 68.8 Å². The van der Waals surface area contributed by atoms with E-state index in [0.29, 0.717) is 12.5 Å². The molecule has 1 aliphatic rings. The van der Waals surface area contributed by atoms with E-state index in [0.717, 1.165) is 50.0 Å².